The van der Waals surface area contributed by atoms with Gasteiger partial charge >= 0.3 is 0 Å². The van der Waals surface area contributed by atoms with Crippen molar-refractivity contribution in [2.24, 2.45) is 0 Å². The molecule has 0 atom stereocenters. The van der Waals surface area contributed by atoms with Gasteiger partial charge in [0.25, 0.3) is 0 Å². The second-order valence-electron chi connectivity index (χ2n) is 3.01. The van der Waals surface area contributed by atoms with Crippen LogP contribution < -0.4 is 0 Å². The summed E-state index contributed by atoms with van der Waals surface area (Å²) in [6, 6.07) is 4.08. The molecule has 1 heterocycles. The van der Waals surface area contributed by atoms with Gasteiger partial charge in [0.15, 0.2) is 0 Å². The van der Waals surface area contributed by atoms with E-state index in [9.17, 15) is 0 Å². The standard InChI is InChI=1S/C11H17N/c1-2-3-4-5-6-9-12-10-7-8-11-12/h6-11H,2-5H2,1H3. The van der Waals surface area contributed by atoms with Crippen LogP contribution in [0.15, 0.2) is 30.6 Å². The van der Waals surface area contributed by atoms with Crippen LogP contribution in [0.4, 0.5) is 0 Å². The molecule has 0 fully saturated rings. The fourth-order valence-corrected chi connectivity index (χ4v) is 1.16. The SMILES string of the molecule is CCCCCC=Cn1cccc1. The molecule has 1 rings (SSSR count). The van der Waals surface area contributed by atoms with Gasteiger partial charge in [-0.15, -0.1) is 0 Å². The zero-order valence-electron chi connectivity index (χ0n) is 7.74. The van der Waals surface area contributed by atoms with Gasteiger partial charge in [0, 0.05) is 18.6 Å². The van der Waals surface area contributed by atoms with Crippen molar-refractivity contribution in [3.8, 4) is 0 Å². The molecule has 0 aliphatic heterocycles. The van der Waals surface area contributed by atoms with Crippen LogP contribution in [-0.2, 0) is 0 Å². The second-order valence-corrected chi connectivity index (χ2v) is 3.01. The number of aromatic nitrogens is 1. The fourth-order valence-electron chi connectivity index (χ4n) is 1.16. The molecular weight excluding hydrogens is 146 g/mol. The number of hydrogen-bond acceptors (Lipinski definition) is 0. The van der Waals surface area contributed by atoms with E-state index in [0.717, 1.165) is 0 Å². The molecule has 0 spiro atoms. The molecule has 0 saturated carbocycles. The van der Waals surface area contributed by atoms with E-state index in [1.165, 1.54) is 25.7 Å². The van der Waals surface area contributed by atoms with Crippen molar-refractivity contribution in [2.45, 2.75) is 32.6 Å². The average molecular weight is 163 g/mol. The molecule has 0 aromatic carbocycles. The van der Waals surface area contributed by atoms with Crippen molar-refractivity contribution in [1.82, 2.24) is 4.57 Å². The average Bonchev–Trinajstić information content (AvgIpc) is 2.57. The first-order valence-electron chi connectivity index (χ1n) is 4.72. The van der Waals surface area contributed by atoms with Crippen LogP contribution in [0.25, 0.3) is 6.20 Å². The zero-order chi connectivity index (χ0) is 8.65. The van der Waals surface area contributed by atoms with Gasteiger partial charge in [0.1, 0.15) is 0 Å². The van der Waals surface area contributed by atoms with Gasteiger partial charge in [-0.3, -0.25) is 0 Å². The van der Waals surface area contributed by atoms with Gasteiger partial charge in [0.2, 0.25) is 0 Å². The Hall–Kier alpha value is -0.980. The van der Waals surface area contributed by atoms with Gasteiger partial charge in [-0.25, -0.2) is 0 Å². The Morgan fingerprint density at radius 3 is 2.58 bits per heavy atom. The highest BCUT2D eigenvalue weighted by Gasteiger charge is 1.82. The molecule has 1 aromatic rings. The van der Waals surface area contributed by atoms with E-state index in [1.807, 2.05) is 12.1 Å². The largest absolute Gasteiger partial charge is 0.331 e. The van der Waals surface area contributed by atoms with Crippen LogP contribution in [0.1, 0.15) is 32.6 Å². The van der Waals surface area contributed by atoms with Crippen molar-refractivity contribution >= 4 is 6.20 Å². The zero-order valence-corrected chi connectivity index (χ0v) is 7.74. The van der Waals surface area contributed by atoms with E-state index < -0.39 is 0 Å². The molecule has 12 heavy (non-hydrogen) atoms. The van der Waals surface area contributed by atoms with Gasteiger partial charge in [-0.1, -0.05) is 25.8 Å². The molecule has 1 nitrogen and oxygen atoms in total. The van der Waals surface area contributed by atoms with Gasteiger partial charge in [-0.2, -0.15) is 0 Å². The minimum absolute atomic E-state index is 1.20. The van der Waals surface area contributed by atoms with Gasteiger partial charge < -0.3 is 4.57 Å². The third kappa shape index (κ3) is 3.42. The first-order chi connectivity index (χ1) is 5.93. The molecule has 0 bridgehead atoms. The molecule has 0 N–H and O–H groups in total. The Kier molecular flexibility index (Phi) is 4.28. The maximum Gasteiger partial charge on any atom is 0.00823 e. The summed E-state index contributed by atoms with van der Waals surface area (Å²) in [6.45, 7) is 2.23. The molecule has 1 aromatic heterocycles. The van der Waals surface area contributed by atoms with Gasteiger partial charge in [-0.05, 0) is 25.0 Å². The van der Waals surface area contributed by atoms with Crippen LogP contribution in [0.3, 0.4) is 0 Å². The molecule has 1 heteroatoms. The summed E-state index contributed by atoms with van der Waals surface area (Å²) in [5.41, 5.74) is 0. The normalized spacial score (nSPS) is 11.1. The smallest absolute Gasteiger partial charge is 0.00823 e. The fraction of sp³-hybridized carbons (Fsp3) is 0.455. The molecule has 0 saturated heterocycles. The Morgan fingerprint density at radius 1 is 1.17 bits per heavy atom. The lowest BCUT2D eigenvalue weighted by atomic mass is 10.2. The van der Waals surface area contributed by atoms with Crippen molar-refractivity contribution in [2.75, 3.05) is 0 Å². The molecular formula is C11H17N. The number of unbranched alkanes of at least 4 members (excludes halogenated alkanes) is 3. The highest BCUT2D eigenvalue weighted by atomic mass is 14.9. The van der Waals surface area contributed by atoms with Crippen molar-refractivity contribution in [3.63, 3.8) is 0 Å². The van der Waals surface area contributed by atoms with Crippen LogP contribution in [-0.4, -0.2) is 4.57 Å². The van der Waals surface area contributed by atoms with Gasteiger partial charge in [0.05, 0.1) is 0 Å². The Morgan fingerprint density at radius 2 is 1.92 bits per heavy atom. The molecule has 0 aliphatic carbocycles. The molecule has 0 amide bonds. The Labute approximate surface area is 74.7 Å². The first kappa shape index (κ1) is 9.11. The first-order valence-corrected chi connectivity index (χ1v) is 4.72. The predicted molar refractivity (Wildman–Crippen MR) is 53.9 cm³/mol. The highest BCUT2D eigenvalue weighted by Crippen LogP contribution is 2.00. The Balaban J connectivity index is 2.14. The van der Waals surface area contributed by atoms with Crippen LogP contribution in [0, 0.1) is 0 Å². The maximum absolute atomic E-state index is 2.23. The lowest BCUT2D eigenvalue weighted by Gasteiger charge is -1.93. The summed E-state index contributed by atoms with van der Waals surface area (Å²) in [4.78, 5) is 0. The maximum atomic E-state index is 2.23. The van der Waals surface area contributed by atoms with E-state index >= 15 is 0 Å². The topological polar surface area (TPSA) is 4.93 Å². The van der Waals surface area contributed by atoms with Crippen LogP contribution in [0.5, 0.6) is 0 Å². The van der Waals surface area contributed by atoms with Crippen LogP contribution in [0.2, 0.25) is 0 Å². The van der Waals surface area contributed by atoms with Crippen molar-refractivity contribution in [1.29, 1.82) is 0 Å². The van der Waals surface area contributed by atoms with E-state index in [1.54, 1.807) is 0 Å². The molecule has 0 radical (unpaired) electrons. The monoisotopic (exact) mass is 163 g/mol. The minimum atomic E-state index is 1.20. The van der Waals surface area contributed by atoms with E-state index in [-0.39, 0.29) is 0 Å². The lowest BCUT2D eigenvalue weighted by molar-refractivity contribution is 0.729. The van der Waals surface area contributed by atoms with E-state index in [4.69, 9.17) is 0 Å². The molecule has 66 valence electrons. The summed E-state index contributed by atoms with van der Waals surface area (Å²) < 4.78 is 2.08. The summed E-state index contributed by atoms with van der Waals surface area (Å²) >= 11 is 0. The second kappa shape index (κ2) is 5.64. The summed E-state index contributed by atoms with van der Waals surface area (Å²) in [5.74, 6) is 0. The number of hydrogen-bond donors (Lipinski definition) is 0. The molecule has 0 aliphatic rings. The minimum Gasteiger partial charge on any atom is -0.331 e. The third-order valence-corrected chi connectivity index (χ3v) is 1.88. The summed E-state index contributed by atoms with van der Waals surface area (Å²) in [6.07, 6.45) is 13.6. The van der Waals surface area contributed by atoms with Crippen molar-refractivity contribution in [3.05, 3.63) is 30.6 Å². The van der Waals surface area contributed by atoms with E-state index in [0.29, 0.717) is 0 Å². The predicted octanol–water partition coefficient (Wildman–Crippen LogP) is 3.54. The lowest BCUT2D eigenvalue weighted by Crippen LogP contribution is -1.78. The number of rotatable bonds is 5. The Bertz CT molecular complexity index is 209. The highest BCUT2D eigenvalue weighted by molar-refractivity contribution is 5.22. The number of allylic oxidation sites excluding steroid dienone is 1. The summed E-state index contributed by atoms with van der Waals surface area (Å²) in [7, 11) is 0. The number of nitrogens with zero attached hydrogens (tertiary/aromatic N) is 1. The summed E-state index contributed by atoms with van der Waals surface area (Å²) in [5, 5.41) is 0. The van der Waals surface area contributed by atoms with Crippen molar-refractivity contribution < 1.29 is 0 Å². The third-order valence-electron chi connectivity index (χ3n) is 1.88. The van der Waals surface area contributed by atoms with Crippen LogP contribution >= 0.6 is 0 Å². The molecule has 0 unspecified atom stereocenters. The quantitative estimate of drug-likeness (QED) is 0.585. The van der Waals surface area contributed by atoms with E-state index in [2.05, 4.69) is 36.2 Å².